The summed E-state index contributed by atoms with van der Waals surface area (Å²) in [7, 11) is 1.55. The first-order chi connectivity index (χ1) is 3.18. The van der Waals surface area contributed by atoms with Crippen LogP contribution in [0, 0.1) is 0 Å². The second-order valence-corrected chi connectivity index (χ2v) is 1.10. The third-order valence-corrected chi connectivity index (χ3v) is 0.494. The highest BCUT2D eigenvalue weighted by Gasteiger charge is 1.87. The summed E-state index contributed by atoms with van der Waals surface area (Å²) in [6, 6.07) is 0. The average Bonchev–Trinajstić information content (AvgIpc) is 1.65. The largest absolute Gasteiger partial charge is 0.367 e. The molecule has 0 heterocycles. The van der Waals surface area contributed by atoms with Gasteiger partial charge >= 0.3 is 0 Å². The molecule has 5 nitrogen and oxygen atoms in total. The van der Waals surface area contributed by atoms with Crippen LogP contribution in [0.4, 0.5) is 0 Å². The van der Waals surface area contributed by atoms with Gasteiger partial charge in [-0.3, -0.25) is 5.01 Å². The molecule has 0 rings (SSSR count). The molecule has 7 heavy (non-hydrogen) atoms. The fraction of sp³-hybridized carbons (Fsp3) is 0.500. The van der Waals surface area contributed by atoms with Crippen molar-refractivity contribution in [3.63, 3.8) is 0 Å². The van der Waals surface area contributed by atoms with Crippen LogP contribution in [0.25, 0.3) is 0 Å². The van der Waals surface area contributed by atoms with Crippen molar-refractivity contribution >= 4 is 5.96 Å². The van der Waals surface area contributed by atoms with Crippen LogP contribution in [0.2, 0.25) is 0 Å². The van der Waals surface area contributed by atoms with Crippen LogP contribution >= 0.6 is 0 Å². The predicted octanol–water partition coefficient (Wildman–Crippen LogP) is -2.02. The molecular formula is C2H9N5. The van der Waals surface area contributed by atoms with Crippen LogP contribution < -0.4 is 17.4 Å². The van der Waals surface area contributed by atoms with Gasteiger partial charge in [0.2, 0.25) is 5.96 Å². The van der Waals surface area contributed by atoms with Crippen LogP contribution in [-0.4, -0.2) is 18.0 Å². The van der Waals surface area contributed by atoms with Gasteiger partial charge in [0.25, 0.3) is 0 Å². The maximum absolute atomic E-state index is 5.04. The van der Waals surface area contributed by atoms with Gasteiger partial charge in [-0.15, -0.1) is 5.10 Å². The number of nitrogens with two attached hydrogens (primary N) is 3. The number of nitrogens with zero attached hydrogens (tertiary/aromatic N) is 2. The number of hydrogen-bond acceptors (Lipinski definition) is 3. The Morgan fingerprint density at radius 2 is 2.14 bits per heavy atom. The van der Waals surface area contributed by atoms with E-state index in [1.54, 1.807) is 7.05 Å². The lowest BCUT2D eigenvalue weighted by Gasteiger charge is -2.06. The summed E-state index contributed by atoms with van der Waals surface area (Å²) in [5, 5.41) is 4.21. The van der Waals surface area contributed by atoms with Gasteiger partial charge in [-0.2, -0.15) is 0 Å². The lowest BCUT2D eigenvalue weighted by molar-refractivity contribution is 0.529. The lowest BCUT2D eigenvalue weighted by atomic mass is 10.9. The van der Waals surface area contributed by atoms with Crippen molar-refractivity contribution in [1.29, 1.82) is 0 Å². The van der Waals surface area contributed by atoms with Crippen molar-refractivity contribution in [2.75, 3.05) is 7.05 Å². The molecule has 0 saturated carbocycles. The number of hydrazone groups is 1. The highest BCUT2D eigenvalue weighted by molar-refractivity contribution is 5.76. The molecule has 0 spiro atoms. The molecule has 0 saturated heterocycles. The second kappa shape index (κ2) is 2.25. The molecular weight excluding hydrogens is 94.1 g/mol. The van der Waals surface area contributed by atoms with Crippen molar-refractivity contribution in [2.45, 2.75) is 0 Å². The van der Waals surface area contributed by atoms with E-state index in [0.717, 1.165) is 5.01 Å². The van der Waals surface area contributed by atoms with Gasteiger partial charge < -0.3 is 11.6 Å². The maximum atomic E-state index is 5.04. The summed E-state index contributed by atoms with van der Waals surface area (Å²) in [6.07, 6.45) is 0. The summed E-state index contributed by atoms with van der Waals surface area (Å²) in [5.74, 6) is 9.87. The molecule has 0 aromatic carbocycles. The molecule has 0 radical (unpaired) electrons. The first kappa shape index (κ1) is 6.03. The zero-order chi connectivity index (χ0) is 5.86. The van der Waals surface area contributed by atoms with E-state index in [1.807, 2.05) is 0 Å². The van der Waals surface area contributed by atoms with E-state index in [4.69, 9.17) is 17.4 Å². The minimum Gasteiger partial charge on any atom is -0.367 e. The highest BCUT2D eigenvalue weighted by atomic mass is 15.5. The number of rotatable bonds is 0. The molecule has 0 unspecified atom stereocenters. The van der Waals surface area contributed by atoms with Gasteiger partial charge in [-0.25, -0.2) is 5.84 Å². The monoisotopic (exact) mass is 103 g/mol. The molecule has 0 amide bonds. The average molecular weight is 103 g/mol. The van der Waals surface area contributed by atoms with E-state index < -0.39 is 0 Å². The summed E-state index contributed by atoms with van der Waals surface area (Å²) in [6.45, 7) is 0. The van der Waals surface area contributed by atoms with Crippen LogP contribution in [0.15, 0.2) is 5.10 Å². The summed E-state index contributed by atoms with van der Waals surface area (Å²) >= 11 is 0. The standard InChI is InChI=1S/C2H9N5/c1-7(5)2(3)6-4/h4-5H2,1H3,(H2,3,6). The number of hydrazine groups is 1. The Morgan fingerprint density at radius 1 is 1.71 bits per heavy atom. The first-order valence-corrected chi connectivity index (χ1v) is 1.70. The van der Waals surface area contributed by atoms with Crippen molar-refractivity contribution in [2.24, 2.45) is 22.5 Å². The van der Waals surface area contributed by atoms with E-state index >= 15 is 0 Å². The molecule has 0 bridgehead atoms. The van der Waals surface area contributed by atoms with Gasteiger partial charge in [0.05, 0.1) is 0 Å². The quantitative estimate of drug-likeness (QED) is 0.143. The Labute approximate surface area is 41.7 Å². The topological polar surface area (TPSA) is 93.7 Å². The number of guanidine groups is 1. The Balaban J connectivity index is 3.56. The third kappa shape index (κ3) is 1.83. The van der Waals surface area contributed by atoms with Gasteiger partial charge in [0.1, 0.15) is 0 Å². The zero-order valence-corrected chi connectivity index (χ0v) is 4.13. The van der Waals surface area contributed by atoms with E-state index in [9.17, 15) is 0 Å². The van der Waals surface area contributed by atoms with Crippen molar-refractivity contribution in [3.05, 3.63) is 0 Å². The van der Waals surface area contributed by atoms with Crippen molar-refractivity contribution < 1.29 is 0 Å². The maximum Gasteiger partial charge on any atom is 0.227 e. The molecule has 42 valence electrons. The van der Waals surface area contributed by atoms with Gasteiger partial charge in [-0.05, 0) is 0 Å². The first-order valence-electron chi connectivity index (χ1n) is 1.70. The zero-order valence-electron chi connectivity index (χ0n) is 4.13. The molecule has 0 fully saturated rings. The summed E-state index contributed by atoms with van der Waals surface area (Å²) in [4.78, 5) is 0. The molecule has 0 aliphatic rings. The van der Waals surface area contributed by atoms with E-state index in [1.165, 1.54) is 0 Å². The minimum absolute atomic E-state index is 0.111. The molecule has 5 heteroatoms. The smallest absolute Gasteiger partial charge is 0.227 e. The van der Waals surface area contributed by atoms with Crippen LogP contribution in [0.5, 0.6) is 0 Å². The van der Waals surface area contributed by atoms with Gasteiger partial charge in [-0.1, -0.05) is 0 Å². The molecule has 0 aliphatic carbocycles. The molecule has 0 aliphatic heterocycles. The van der Waals surface area contributed by atoms with E-state index in [0.29, 0.717) is 0 Å². The van der Waals surface area contributed by atoms with Crippen LogP contribution in [-0.2, 0) is 0 Å². The van der Waals surface area contributed by atoms with E-state index in [2.05, 4.69) is 5.10 Å². The predicted molar refractivity (Wildman–Crippen MR) is 27.8 cm³/mol. The second-order valence-electron chi connectivity index (χ2n) is 1.10. The molecule has 0 aromatic heterocycles. The summed E-state index contributed by atoms with van der Waals surface area (Å²) < 4.78 is 0. The van der Waals surface area contributed by atoms with Crippen LogP contribution in [0.3, 0.4) is 0 Å². The SMILES string of the molecule is CN(N)/C(N)=N/N. The minimum atomic E-state index is 0.111. The van der Waals surface area contributed by atoms with Gasteiger partial charge in [0, 0.05) is 7.05 Å². The third-order valence-electron chi connectivity index (χ3n) is 0.494. The Hall–Kier alpha value is -0.970. The van der Waals surface area contributed by atoms with Crippen molar-refractivity contribution in [3.8, 4) is 0 Å². The number of hydrogen-bond donors (Lipinski definition) is 3. The fourth-order valence-corrected chi connectivity index (χ4v) is 0.0911. The lowest BCUT2D eigenvalue weighted by Crippen LogP contribution is -2.39. The Morgan fingerprint density at radius 3 is 2.14 bits per heavy atom. The Kier molecular flexibility index (Phi) is 1.94. The highest BCUT2D eigenvalue weighted by Crippen LogP contribution is 1.60. The fourth-order valence-electron chi connectivity index (χ4n) is 0.0911. The Bertz CT molecular complexity index is 74.1. The summed E-state index contributed by atoms with van der Waals surface area (Å²) in [5.41, 5.74) is 5.04. The molecule has 6 N–H and O–H groups in total. The normalized spacial score (nSPS) is 11.4. The van der Waals surface area contributed by atoms with Gasteiger partial charge in [0.15, 0.2) is 0 Å². The van der Waals surface area contributed by atoms with Crippen molar-refractivity contribution in [1.82, 2.24) is 5.01 Å². The molecule has 0 atom stereocenters. The van der Waals surface area contributed by atoms with Crippen LogP contribution in [0.1, 0.15) is 0 Å². The van der Waals surface area contributed by atoms with E-state index in [-0.39, 0.29) is 5.96 Å². The molecule has 0 aromatic rings.